The van der Waals surface area contributed by atoms with E-state index in [9.17, 15) is 4.39 Å². The van der Waals surface area contributed by atoms with E-state index in [2.05, 4.69) is 16.8 Å². The van der Waals surface area contributed by atoms with Gasteiger partial charge in [0.2, 0.25) is 0 Å². The molecule has 4 heteroatoms. The van der Waals surface area contributed by atoms with Gasteiger partial charge in [0.05, 0.1) is 12.1 Å². The molecule has 0 aliphatic heterocycles. The Bertz CT molecular complexity index is 509. The fourth-order valence-corrected chi connectivity index (χ4v) is 2.09. The van der Waals surface area contributed by atoms with E-state index < -0.39 is 0 Å². The Morgan fingerprint density at radius 2 is 2.22 bits per heavy atom. The van der Waals surface area contributed by atoms with Gasteiger partial charge in [0.15, 0.2) is 0 Å². The van der Waals surface area contributed by atoms with E-state index in [1.807, 2.05) is 18.3 Å². The van der Waals surface area contributed by atoms with Gasteiger partial charge in [0, 0.05) is 32.4 Å². The summed E-state index contributed by atoms with van der Waals surface area (Å²) in [7, 11) is 1.69. The number of rotatable bonds is 6. The average molecular weight is 250 g/mol. The molecule has 1 heterocycles. The van der Waals surface area contributed by atoms with Crippen LogP contribution in [0.5, 0.6) is 0 Å². The molecule has 0 bridgehead atoms. The molecule has 0 spiro atoms. The maximum absolute atomic E-state index is 13.2. The van der Waals surface area contributed by atoms with Crippen molar-refractivity contribution in [3.63, 3.8) is 0 Å². The summed E-state index contributed by atoms with van der Waals surface area (Å²) >= 11 is 0. The molecule has 1 unspecified atom stereocenters. The van der Waals surface area contributed by atoms with Crippen molar-refractivity contribution in [1.29, 1.82) is 0 Å². The van der Waals surface area contributed by atoms with Crippen LogP contribution in [0.25, 0.3) is 10.9 Å². The Balaban J connectivity index is 1.97. The second-order valence-electron chi connectivity index (χ2n) is 4.52. The minimum absolute atomic E-state index is 0.192. The van der Waals surface area contributed by atoms with Crippen LogP contribution in [0.2, 0.25) is 0 Å². The minimum Gasteiger partial charge on any atom is -0.383 e. The molecule has 0 aliphatic carbocycles. The number of nitrogens with one attached hydrogen (secondary N) is 1. The zero-order valence-electron chi connectivity index (χ0n) is 10.8. The SMILES string of the molecule is COCC(C)NCCn1ccc2ccc(F)cc21. The van der Waals surface area contributed by atoms with Crippen LogP contribution in [0.1, 0.15) is 6.92 Å². The van der Waals surface area contributed by atoms with Crippen LogP contribution in [0, 0.1) is 5.82 Å². The van der Waals surface area contributed by atoms with Crippen molar-refractivity contribution in [3.8, 4) is 0 Å². The maximum atomic E-state index is 13.2. The van der Waals surface area contributed by atoms with Gasteiger partial charge >= 0.3 is 0 Å². The van der Waals surface area contributed by atoms with E-state index in [1.54, 1.807) is 13.2 Å². The Kier molecular flexibility index (Phi) is 4.33. The Labute approximate surface area is 107 Å². The molecule has 1 aromatic heterocycles. The first-order valence-corrected chi connectivity index (χ1v) is 6.17. The number of halogens is 1. The first-order chi connectivity index (χ1) is 8.70. The molecule has 2 rings (SSSR count). The third-order valence-electron chi connectivity index (χ3n) is 3.00. The van der Waals surface area contributed by atoms with Crippen LogP contribution in [-0.2, 0) is 11.3 Å². The Morgan fingerprint density at radius 3 is 3.00 bits per heavy atom. The summed E-state index contributed by atoms with van der Waals surface area (Å²) in [5.41, 5.74) is 0.941. The highest BCUT2D eigenvalue weighted by molar-refractivity contribution is 5.80. The highest BCUT2D eigenvalue weighted by atomic mass is 19.1. The van der Waals surface area contributed by atoms with Crippen LogP contribution in [0.3, 0.4) is 0 Å². The molecule has 1 N–H and O–H groups in total. The summed E-state index contributed by atoms with van der Waals surface area (Å²) in [4.78, 5) is 0. The zero-order valence-corrected chi connectivity index (χ0v) is 10.8. The summed E-state index contributed by atoms with van der Waals surface area (Å²) in [5, 5.41) is 4.43. The van der Waals surface area contributed by atoms with Gasteiger partial charge in [-0.25, -0.2) is 4.39 Å². The predicted molar refractivity (Wildman–Crippen MR) is 71.2 cm³/mol. The summed E-state index contributed by atoms with van der Waals surface area (Å²) < 4.78 is 20.3. The van der Waals surface area contributed by atoms with E-state index in [0.717, 1.165) is 24.0 Å². The van der Waals surface area contributed by atoms with Crippen molar-refractivity contribution in [2.45, 2.75) is 19.5 Å². The quantitative estimate of drug-likeness (QED) is 0.852. The maximum Gasteiger partial charge on any atom is 0.125 e. The van der Waals surface area contributed by atoms with E-state index >= 15 is 0 Å². The summed E-state index contributed by atoms with van der Waals surface area (Å²) in [6.07, 6.45) is 1.99. The molecule has 2 aromatic rings. The molecule has 0 amide bonds. The fourth-order valence-electron chi connectivity index (χ4n) is 2.09. The van der Waals surface area contributed by atoms with Gasteiger partial charge in [0.25, 0.3) is 0 Å². The molecule has 1 atom stereocenters. The number of ether oxygens (including phenoxy) is 1. The molecular formula is C14H19FN2O. The first-order valence-electron chi connectivity index (χ1n) is 6.17. The van der Waals surface area contributed by atoms with Gasteiger partial charge in [-0.05, 0) is 36.6 Å². The van der Waals surface area contributed by atoms with E-state index in [4.69, 9.17) is 4.74 Å². The normalized spacial score (nSPS) is 13.1. The highest BCUT2D eigenvalue weighted by Gasteiger charge is 2.03. The third kappa shape index (κ3) is 3.09. The molecule has 0 saturated heterocycles. The summed E-state index contributed by atoms with van der Waals surface area (Å²) in [5.74, 6) is -0.192. The Morgan fingerprint density at radius 1 is 1.39 bits per heavy atom. The largest absolute Gasteiger partial charge is 0.383 e. The highest BCUT2D eigenvalue weighted by Crippen LogP contribution is 2.16. The molecular weight excluding hydrogens is 231 g/mol. The lowest BCUT2D eigenvalue weighted by atomic mass is 10.2. The summed E-state index contributed by atoms with van der Waals surface area (Å²) in [6, 6.07) is 7.21. The lowest BCUT2D eigenvalue weighted by Gasteiger charge is -2.13. The standard InChI is InChI=1S/C14H19FN2O/c1-11(10-18-2)16-6-8-17-7-5-12-3-4-13(15)9-14(12)17/h3-5,7,9,11,16H,6,8,10H2,1-2H3. The molecule has 1 aromatic carbocycles. The van der Waals surface area contributed by atoms with E-state index in [0.29, 0.717) is 12.6 Å². The van der Waals surface area contributed by atoms with Crippen LogP contribution < -0.4 is 5.32 Å². The van der Waals surface area contributed by atoms with Gasteiger partial charge in [-0.3, -0.25) is 0 Å². The second kappa shape index (κ2) is 5.98. The number of hydrogen-bond donors (Lipinski definition) is 1. The zero-order chi connectivity index (χ0) is 13.0. The van der Waals surface area contributed by atoms with Gasteiger partial charge in [-0.2, -0.15) is 0 Å². The van der Waals surface area contributed by atoms with E-state index in [-0.39, 0.29) is 5.82 Å². The first kappa shape index (κ1) is 13.1. The minimum atomic E-state index is -0.192. The van der Waals surface area contributed by atoms with Crippen molar-refractivity contribution in [2.24, 2.45) is 0 Å². The molecule has 0 radical (unpaired) electrons. The predicted octanol–water partition coefficient (Wildman–Crippen LogP) is 2.40. The molecule has 0 aliphatic rings. The Hall–Kier alpha value is -1.39. The van der Waals surface area contributed by atoms with Gasteiger partial charge < -0.3 is 14.6 Å². The second-order valence-corrected chi connectivity index (χ2v) is 4.52. The molecule has 0 fully saturated rings. The molecule has 98 valence electrons. The van der Waals surface area contributed by atoms with Crippen molar-refractivity contribution in [3.05, 3.63) is 36.3 Å². The van der Waals surface area contributed by atoms with Crippen LogP contribution in [-0.4, -0.2) is 30.9 Å². The van der Waals surface area contributed by atoms with Crippen LogP contribution in [0.4, 0.5) is 4.39 Å². The number of methoxy groups -OCH3 is 1. The number of benzene rings is 1. The lowest BCUT2D eigenvalue weighted by molar-refractivity contribution is 0.172. The lowest BCUT2D eigenvalue weighted by Crippen LogP contribution is -2.32. The van der Waals surface area contributed by atoms with E-state index in [1.165, 1.54) is 6.07 Å². The van der Waals surface area contributed by atoms with Crippen molar-refractivity contribution in [2.75, 3.05) is 20.3 Å². The number of fused-ring (bicyclic) bond motifs is 1. The molecule has 3 nitrogen and oxygen atoms in total. The van der Waals surface area contributed by atoms with Gasteiger partial charge in [-0.15, -0.1) is 0 Å². The summed E-state index contributed by atoms with van der Waals surface area (Å²) in [6.45, 7) is 4.43. The fraction of sp³-hybridized carbons (Fsp3) is 0.429. The van der Waals surface area contributed by atoms with Crippen LogP contribution >= 0.6 is 0 Å². The van der Waals surface area contributed by atoms with Crippen molar-refractivity contribution >= 4 is 10.9 Å². The van der Waals surface area contributed by atoms with Gasteiger partial charge in [-0.1, -0.05) is 0 Å². The third-order valence-corrected chi connectivity index (χ3v) is 3.00. The smallest absolute Gasteiger partial charge is 0.125 e. The average Bonchev–Trinajstić information content (AvgIpc) is 2.72. The number of hydrogen-bond acceptors (Lipinski definition) is 2. The monoisotopic (exact) mass is 250 g/mol. The molecule has 0 saturated carbocycles. The number of aromatic nitrogens is 1. The topological polar surface area (TPSA) is 26.2 Å². The van der Waals surface area contributed by atoms with Crippen molar-refractivity contribution < 1.29 is 9.13 Å². The molecule has 18 heavy (non-hydrogen) atoms. The van der Waals surface area contributed by atoms with Crippen molar-refractivity contribution in [1.82, 2.24) is 9.88 Å². The van der Waals surface area contributed by atoms with Gasteiger partial charge in [0.1, 0.15) is 5.82 Å². The number of nitrogens with zero attached hydrogens (tertiary/aromatic N) is 1. The van der Waals surface area contributed by atoms with Crippen LogP contribution in [0.15, 0.2) is 30.5 Å².